The predicted octanol–water partition coefficient (Wildman–Crippen LogP) is 2.59. The molecule has 1 atom stereocenters. The summed E-state index contributed by atoms with van der Waals surface area (Å²) in [6, 6.07) is 1.95. The molecule has 96 valence electrons. The Hall–Kier alpha value is 0.150. The van der Waals surface area contributed by atoms with E-state index in [4.69, 9.17) is 5.73 Å². The number of rotatable bonds is 2. The lowest BCUT2D eigenvalue weighted by molar-refractivity contribution is 0.0777. The Morgan fingerprint density at radius 1 is 1.71 bits per heavy atom. The van der Waals surface area contributed by atoms with Crippen LogP contribution in [0.2, 0.25) is 0 Å². The second kappa shape index (κ2) is 5.86. The summed E-state index contributed by atoms with van der Waals surface area (Å²) in [6.45, 7) is 4.42. The summed E-state index contributed by atoms with van der Waals surface area (Å²) in [5.41, 5.74) is 6.66. The van der Waals surface area contributed by atoms with E-state index >= 15 is 0 Å². The molecule has 1 unspecified atom stereocenters. The lowest BCUT2D eigenvalue weighted by Crippen LogP contribution is -2.34. The molecule has 2 heterocycles. The van der Waals surface area contributed by atoms with Crippen LogP contribution in [0.25, 0.3) is 0 Å². The van der Waals surface area contributed by atoms with Crippen molar-refractivity contribution < 1.29 is 4.79 Å². The molecule has 3 nitrogen and oxygen atoms in total. The number of nitrogens with zero attached hydrogens (tertiary/aromatic N) is 1. The molecule has 1 aliphatic rings. The van der Waals surface area contributed by atoms with Crippen molar-refractivity contribution >= 4 is 52.2 Å². The molecular formula is C11H16ClIN2OS. The van der Waals surface area contributed by atoms with Crippen LogP contribution in [0.3, 0.4) is 0 Å². The summed E-state index contributed by atoms with van der Waals surface area (Å²) in [6.07, 6.45) is 1.01. The van der Waals surface area contributed by atoms with Gasteiger partial charge in [-0.15, -0.1) is 23.7 Å². The predicted molar refractivity (Wildman–Crippen MR) is 82.0 cm³/mol. The van der Waals surface area contributed by atoms with Crippen molar-refractivity contribution in [1.29, 1.82) is 0 Å². The average molecular weight is 387 g/mol. The van der Waals surface area contributed by atoms with E-state index < -0.39 is 0 Å². The van der Waals surface area contributed by atoms with Gasteiger partial charge in [0.25, 0.3) is 5.91 Å². The maximum atomic E-state index is 12.2. The first-order valence-corrected chi connectivity index (χ1v) is 7.23. The molecule has 1 aliphatic heterocycles. The molecule has 2 rings (SSSR count). The second-order valence-electron chi connectivity index (χ2n) is 4.63. The fourth-order valence-corrected chi connectivity index (χ4v) is 3.29. The Kier molecular flexibility index (Phi) is 5.24. The molecule has 0 aromatic carbocycles. The first-order chi connectivity index (χ1) is 7.54. The van der Waals surface area contributed by atoms with Gasteiger partial charge in [0.05, 0.1) is 8.45 Å². The van der Waals surface area contributed by atoms with Gasteiger partial charge < -0.3 is 10.6 Å². The lowest BCUT2D eigenvalue weighted by Gasteiger charge is -2.22. The van der Waals surface area contributed by atoms with Crippen LogP contribution in [0, 0.1) is 8.30 Å². The van der Waals surface area contributed by atoms with E-state index in [0.29, 0.717) is 6.54 Å². The monoisotopic (exact) mass is 386 g/mol. The van der Waals surface area contributed by atoms with Gasteiger partial charge in [-0.1, -0.05) is 6.92 Å². The largest absolute Gasteiger partial charge is 0.338 e. The molecule has 2 N–H and O–H groups in total. The van der Waals surface area contributed by atoms with Crippen molar-refractivity contribution in [2.24, 2.45) is 11.1 Å². The van der Waals surface area contributed by atoms with E-state index in [1.807, 2.05) is 16.3 Å². The van der Waals surface area contributed by atoms with Crippen molar-refractivity contribution in [3.63, 3.8) is 0 Å². The highest BCUT2D eigenvalue weighted by Crippen LogP contribution is 2.30. The van der Waals surface area contributed by atoms with Crippen molar-refractivity contribution in [1.82, 2.24) is 4.90 Å². The average Bonchev–Trinajstić information content (AvgIpc) is 2.85. The molecular weight excluding hydrogens is 371 g/mol. The van der Waals surface area contributed by atoms with Gasteiger partial charge in [-0.05, 0) is 47.0 Å². The van der Waals surface area contributed by atoms with Gasteiger partial charge in [-0.3, -0.25) is 4.79 Å². The molecule has 17 heavy (non-hydrogen) atoms. The molecule has 0 radical (unpaired) electrons. The summed E-state index contributed by atoms with van der Waals surface area (Å²) < 4.78 is 1.15. The summed E-state index contributed by atoms with van der Waals surface area (Å²) in [7, 11) is 0. The molecule has 1 amide bonds. The third kappa shape index (κ3) is 3.33. The maximum Gasteiger partial charge on any atom is 0.254 e. The molecule has 0 saturated carbocycles. The van der Waals surface area contributed by atoms with Gasteiger partial charge >= 0.3 is 0 Å². The second-order valence-corrected chi connectivity index (χ2v) is 7.44. The SMILES string of the molecule is CC1(CN)CCN(C(=O)c2csc(I)c2)C1.Cl. The number of nitrogens with two attached hydrogens (primary N) is 1. The Morgan fingerprint density at radius 2 is 2.41 bits per heavy atom. The van der Waals surface area contributed by atoms with Gasteiger partial charge in [0, 0.05) is 18.5 Å². The molecule has 1 aromatic heterocycles. The number of halogens is 2. The van der Waals surface area contributed by atoms with Crippen LogP contribution in [-0.4, -0.2) is 30.4 Å². The third-order valence-electron chi connectivity index (χ3n) is 3.15. The number of amides is 1. The van der Waals surface area contributed by atoms with Crippen molar-refractivity contribution in [3.05, 3.63) is 19.9 Å². The molecule has 6 heteroatoms. The Balaban J connectivity index is 0.00000144. The quantitative estimate of drug-likeness (QED) is 0.794. The van der Waals surface area contributed by atoms with Crippen molar-refractivity contribution in [2.75, 3.05) is 19.6 Å². The van der Waals surface area contributed by atoms with Gasteiger partial charge in [0.2, 0.25) is 0 Å². The zero-order valence-corrected chi connectivity index (χ0v) is 13.4. The number of carbonyl (C=O) groups is 1. The number of hydrogen-bond donors (Lipinski definition) is 1. The minimum Gasteiger partial charge on any atom is -0.338 e. The summed E-state index contributed by atoms with van der Waals surface area (Å²) in [5.74, 6) is 0.149. The molecule has 0 aliphatic carbocycles. The third-order valence-corrected chi connectivity index (χ3v) is 4.94. The molecule has 1 fully saturated rings. The Labute approximate surface area is 125 Å². The minimum atomic E-state index is 0. The van der Waals surface area contributed by atoms with Crippen molar-refractivity contribution in [2.45, 2.75) is 13.3 Å². The number of hydrogen-bond acceptors (Lipinski definition) is 3. The fourth-order valence-electron chi connectivity index (χ4n) is 1.97. The first kappa shape index (κ1) is 15.2. The van der Waals surface area contributed by atoms with Crippen LogP contribution in [0.5, 0.6) is 0 Å². The van der Waals surface area contributed by atoms with Crippen LogP contribution >= 0.6 is 46.3 Å². The summed E-state index contributed by atoms with van der Waals surface area (Å²) >= 11 is 3.85. The van der Waals surface area contributed by atoms with Crippen LogP contribution in [0.15, 0.2) is 11.4 Å². The fraction of sp³-hybridized carbons (Fsp3) is 0.545. The highest BCUT2D eigenvalue weighted by atomic mass is 127. The summed E-state index contributed by atoms with van der Waals surface area (Å²) in [4.78, 5) is 14.1. The van der Waals surface area contributed by atoms with Crippen molar-refractivity contribution in [3.8, 4) is 0 Å². The minimum absolute atomic E-state index is 0. The van der Waals surface area contributed by atoms with Gasteiger partial charge in [-0.2, -0.15) is 0 Å². The van der Waals surface area contributed by atoms with E-state index in [-0.39, 0.29) is 23.7 Å². The van der Waals surface area contributed by atoms with Gasteiger partial charge in [0.15, 0.2) is 0 Å². The van der Waals surface area contributed by atoms with E-state index in [1.165, 1.54) is 0 Å². The van der Waals surface area contributed by atoms with Crippen LogP contribution in [-0.2, 0) is 0 Å². The zero-order chi connectivity index (χ0) is 11.8. The lowest BCUT2D eigenvalue weighted by atomic mass is 9.90. The smallest absolute Gasteiger partial charge is 0.254 e. The highest BCUT2D eigenvalue weighted by Gasteiger charge is 2.35. The maximum absolute atomic E-state index is 12.2. The van der Waals surface area contributed by atoms with E-state index in [1.54, 1.807) is 11.3 Å². The summed E-state index contributed by atoms with van der Waals surface area (Å²) in [5, 5.41) is 1.93. The highest BCUT2D eigenvalue weighted by molar-refractivity contribution is 14.1. The number of thiophene rings is 1. The molecule has 1 aromatic rings. The standard InChI is InChI=1S/C11H15IN2OS.ClH/c1-11(6-13)2-3-14(7-11)10(15)8-4-9(12)16-5-8;/h4-5H,2-3,6-7,13H2,1H3;1H. The first-order valence-electron chi connectivity index (χ1n) is 5.27. The van der Waals surface area contributed by atoms with E-state index in [0.717, 1.165) is 28.0 Å². The Morgan fingerprint density at radius 3 is 2.88 bits per heavy atom. The Bertz CT molecular complexity index is 412. The van der Waals surface area contributed by atoms with E-state index in [9.17, 15) is 4.79 Å². The van der Waals surface area contributed by atoms with Crippen LogP contribution in [0.4, 0.5) is 0 Å². The number of likely N-dealkylation sites (tertiary alicyclic amines) is 1. The van der Waals surface area contributed by atoms with Gasteiger partial charge in [0.1, 0.15) is 0 Å². The molecule has 0 bridgehead atoms. The normalized spacial score (nSPS) is 23.6. The van der Waals surface area contributed by atoms with E-state index in [2.05, 4.69) is 29.5 Å². The zero-order valence-electron chi connectivity index (χ0n) is 9.61. The molecule has 0 spiro atoms. The van der Waals surface area contributed by atoms with Crippen LogP contribution in [0.1, 0.15) is 23.7 Å². The number of carbonyl (C=O) groups excluding carboxylic acids is 1. The van der Waals surface area contributed by atoms with Gasteiger partial charge in [-0.25, -0.2) is 0 Å². The van der Waals surface area contributed by atoms with Crippen LogP contribution < -0.4 is 5.73 Å². The topological polar surface area (TPSA) is 46.3 Å². The molecule has 1 saturated heterocycles.